The van der Waals surface area contributed by atoms with E-state index in [1.54, 1.807) is 12.1 Å². The van der Waals surface area contributed by atoms with Gasteiger partial charge in [0, 0.05) is 5.54 Å². The number of rotatable bonds is 6. The number of nitrogens with two attached hydrogens (primary N) is 1. The fraction of sp³-hybridized carbons (Fsp3) is 0.316. The quantitative estimate of drug-likeness (QED) is 0.645. The van der Waals surface area contributed by atoms with Crippen LogP contribution in [-0.2, 0) is 12.8 Å². The number of aromatic carboxylic acids is 1. The highest BCUT2D eigenvalue weighted by Crippen LogP contribution is 2.32. The van der Waals surface area contributed by atoms with Crippen molar-refractivity contribution in [3.05, 3.63) is 56.7 Å². The van der Waals surface area contributed by atoms with Crippen LogP contribution in [0.5, 0.6) is 11.5 Å². The van der Waals surface area contributed by atoms with Gasteiger partial charge in [0.15, 0.2) is 0 Å². The third kappa shape index (κ3) is 4.70. The maximum absolute atomic E-state index is 11.3. The van der Waals surface area contributed by atoms with Crippen molar-refractivity contribution in [3.8, 4) is 11.5 Å². The van der Waals surface area contributed by atoms with Gasteiger partial charge in [-0.15, -0.1) is 0 Å². The number of hydrogen-bond acceptors (Lipinski definition) is 3. The Hall–Kier alpha value is -1.60. The second kappa shape index (κ2) is 7.53. The Bertz CT molecular complexity index is 734. The monoisotopic (exact) mass is 439 g/mol. The van der Waals surface area contributed by atoms with E-state index < -0.39 is 5.97 Å². The molecule has 0 heterocycles. The van der Waals surface area contributed by atoms with Gasteiger partial charge >= 0.3 is 5.97 Å². The molecule has 3 N–H and O–H groups in total. The van der Waals surface area contributed by atoms with Crippen LogP contribution in [0.3, 0.4) is 0 Å². The van der Waals surface area contributed by atoms with Crippen molar-refractivity contribution in [3.63, 3.8) is 0 Å². The molecule has 0 spiro atoms. The molecule has 0 aliphatic rings. The lowest BCUT2D eigenvalue weighted by molar-refractivity contribution is 0.0695. The van der Waals surface area contributed by atoms with Crippen molar-refractivity contribution in [2.24, 2.45) is 5.73 Å². The largest absolute Gasteiger partial charge is 0.478 e. The van der Waals surface area contributed by atoms with Gasteiger partial charge in [0.05, 0.1) is 9.13 Å². The first-order valence-electron chi connectivity index (χ1n) is 7.81. The molecule has 0 saturated heterocycles. The number of carboxylic acids is 1. The smallest absolute Gasteiger partial charge is 0.336 e. The van der Waals surface area contributed by atoms with E-state index >= 15 is 0 Å². The Labute approximate surface area is 156 Å². The van der Waals surface area contributed by atoms with Crippen molar-refractivity contribution in [1.29, 1.82) is 0 Å². The Kier molecular flexibility index (Phi) is 5.87. The third-order valence-electron chi connectivity index (χ3n) is 3.60. The van der Waals surface area contributed by atoms with E-state index in [-0.39, 0.29) is 5.54 Å². The molecule has 0 fully saturated rings. The molecule has 2 aromatic rings. The van der Waals surface area contributed by atoms with Crippen molar-refractivity contribution in [2.75, 3.05) is 0 Å². The van der Waals surface area contributed by atoms with Crippen molar-refractivity contribution in [2.45, 2.75) is 39.2 Å². The van der Waals surface area contributed by atoms with Gasteiger partial charge in [0.1, 0.15) is 11.5 Å². The molecule has 0 saturated carbocycles. The van der Waals surface area contributed by atoms with Gasteiger partial charge in [-0.3, -0.25) is 0 Å². The summed E-state index contributed by atoms with van der Waals surface area (Å²) in [6, 6.07) is 11.1. The highest BCUT2D eigenvalue weighted by atomic mass is 127. The van der Waals surface area contributed by atoms with Gasteiger partial charge in [-0.05, 0) is 84.7 Å². The summed E-state index contributed by atoms with van der Waals surface area (Å²) in [6.45, 7) is 5.93. The van der Waals surface area contributed by atoms with Gasteiger partial charge in [-0.1, -0.05) is 19.1 Å². The van der Waals surface area contributed by atoms with Crippen LogP contribution in [0.4, 0.5) is 0 Å². The van der Waals surface area contributed by atoms with E-state index in [0.717, 1.165) is 26.9 Å². The lowest BCUT2D eigenvalue weighted by atomic mass is 9.96. The number of carbonyl (C=O) groups is 1. The van der Waals surface area contributed by atoms with Crippen LogP contribution in [0, 0.1) is 3.57 Å². The molecule has 2 aromatic carbocycles. The Morgan fingerprint density at radius 3 is 2.33 bits per heavy atom. The van der Waals surface area contributed by atoms with Gasteiger partial charge in [0.25, 0.3) is 0 Å². The normalized spacial score (nSPS) is 11.4. The molecule has 0 atom stereocenters. The first kappa shape index (κ1) is 18.7. The average molecular weight is 439 g/mol. The van der Waals surface area contributed by atoms with E-state index in [1.165, 1.54) is 0 Å². The predicted octanol–water partition coefficient (Wildman–Crippen LogP) is 4.62. The van der Waals surface area contributed by atoms with E-state index in [1.807, 2.05) is 45.0 Å². The molecule has 0 aromatic heterocycles. The van der Waals surface area contributed by atoms with Crippen LogP contribution in [0.15, 0.2) is 36.4 Å². The van der Waals surface area contributed by atoms with Crippen molar-refractivity contribution in [1.82, 2.24) is 0 Å². The molecule has 0 aliphatic carbocycles. The van der Waals surface area contributed by atoms with Crippen LogP contribution in [0.25, 0.3) is 0 Å². The lowest BCUT2D eigenvalue weighted by Crippen LogP contribution is -2.34. The molecule has 0 amide bonds. The molecular formula is C19H22INO3. The van der Waals surface area contributed by atoms with Gasteiger partial charge in [-0.25, -0.2) is 4.79 Å². The highest BCUT2D eigenvalue weighted by molar-refractivity contribution is 14.1. The summed E-state index contributed by atoms with van der Waals surface area (Å²) in [5.74, 6) is 0.478. The SMILES string of the molecule is CCc1c(C(=O)O)ccc(Oc2ccc(CC(C)(C)N)cc2)c1I. The summed E-state index contributed by atoms with van der Waals surface area (Å²) in [5.41, 5.74) is 8.06. The number of ether oxygens (including phenoxy) is 1. The second-order valence-corrected chi connectivity index (χ2v) is 7.55. The molecule has 0 bridgehead atoms. The first-order chi connectivity index (χ1) is 11.2. The maximum Gasteiger partial charge on any atom is 0.336 e. The molecule has 24 heavy (non-hydrogen) atoms. The Morgan fingerprint density at radius 1 is 1.21 bits per heavy atom. The first-order valence-corrected chi connectivity index (χ1v) is 8.89. The predicted molar refractivity (Wildman–Crippen MR) is 104 cm³/mol. The Morgan fingerprint density at radius 2 is 1.83 bits per heavy atom. The Balaban J connectivity index is 2.24. The fourth-order valence-corrected chi connectivity index (χ4v) is 3.51. The number of hydrogen-bond donors (Lipinski definition) is 2. The second-order valence-electron chi connectivity index (χ2n) is 6.47. The highest BCUT2D eigenvalue weighted by Gasteiger charge is 2.16. The standard InChI is InChI=1S/C19H22INO3/c1-4-14-15(18(22)23)9-10-16(17(14)20)24-13-7-5-12(6-8-13)11-19(2,3)21/h5-10H,4,11,21H2,1-3H3,(H,22,23). The zero-order valence-corrected chi connectivity index (χ0v) is 16.3. The molecule has 2 rings (SSSR count). The van der Waals surface area contributed by atoms with Crippen LogP contribution in [0.2, 0.25) is 0 Å². The zero-order chi connectivity index (χ0) is 17.9. The van der Waals surface area contributed by atoms with Gasteiger partial charge in [-0.2, -0.15) is 0 Å². The molecule has 0 radical (unpaired) electrons. The fourth-order valence-electron chi connectivity index (χ4n) is 2.55. The molecule has 128 valence electrons. The van der Waals surface area contributed by atoms with E-state index in [0.29, 0.717) is 17.7 Å². The minimum absolute atomic E-state index is 0.250. The minimum atomic E-state index is -0.912. The lowest BCUT2D eigenvalue weighted by Gasteiger charge is -2.18. The molecule has 4 nitrogen and oxygen atoms in total. The molecule has 5 heteroatoms. The van der Waals surface area contributed by atoms with Crippen LogP contribution < -0.4 is 10.5 Å². The number of halogens is 1. The van der Waals surface area contributed by atoms with E-state index in [4.69, 9.17) is 10.5 Å². The average Bonchev–Trinajstić information content (AvgIpc) is 2.49. The van der Waals surface area contributed by atoms with E-state index in [9.17, 15) is 9.90 Å². The molecular weight excluding hydrogens is 417 g/mol. The zero-order valence-electron chi connectivity index (χ0n) is 14.1. The van der Waals surface area contributed by atoms with E-state index in [2.05, 4.69) is 22.6 Å². The summed E-state index contributed by atoms with van der Waals surface area (Å²) in [4.78, 5) is 11.3. The number of carboxylic acid groups (broad SMARTS) is 1. The van der Waals surface area contributed by atoms with Gasteiger partial charge in [0.2, 0.25) is 0 Å². The maximum atomic E-state index is 11.3. The van der Waals surface area contributed by atoms with Crippen molar-refractivity contribution >= 4 is 28.6 Å². The third-order valence-corrected chi connectivity index (χ3v) is 4.79. The van der Waals surface area contributed by atoms with Gasteiger partial charge < -0.3 is 15.6 Å². The van der Waals surface area contributed by atoms with Crippen molar-refractivity contribution < 1.29 is 14.6 Å². The van der Waals surface area contributed by atoms with Crippen LogP contribution in [0.1, 0.15) is 42.3 Å². The summed E-state index contributed by atoms with van der Waals surface area (Å²) in [6.07, 6.45) is 1.43. The van der Waals surface area contributed by atoms with Crippen LogP contribution in [-0.4, -0.2) is 16.6 Å². The summed E-state index contributed by atoms with van der Waals surface area (Å²) in [7, 11) is 0. The summed E-state index contributed by atoms with van der Waals surface area (Å²) in [5, 5.41) is 9.27. The molecule has 0 aliphatic heterocycles. The van der Waals surface area contributed by atoms with Crippen LogP contribution >= 0.6 is 22.6 Å². The summed E-state index contributed by atoms with van der Waals surface area (Å²) < 4.78 is 6.78. The molecule has 0 unspecified atom stereocenters. The topological polar surface area (TPSA) is 72.5 Å². The number of benzene rings is 2. The summed E-state index contributed by atoms with van der Waals surface area (Å²) >= 11 is 2.15. The minimum Gasteiger partial charge on any atom is -0.478 e.